The summed E-state index contributed by atoms with van der Waals surface area (Å²) in [5.74, 6) is 1.48. The van der Waals surface area contributed by atoms with Crippen molar-refractivity contribution in [2.24, 2.45) is 0 Å². The minimum Gasteiger partial charge on any atom is -0.497 e. The number of fused-ring (bicyclic) bond motifs is 1. The second-order valence-electron chi connectivity index (χ2n) is 5.53. The lowest BCUT2D eigenvalue weighted by atomic mass is 9.95. The molecule has 0 atom stereocenters. The van der Waals surface area contributed by atoms with Crippen molar-refractivity contribution in [3.63, 3.8) is 0 Å². The van der Waals surface area contributed by atoms with Gasteiger partial charge >= 0.3 is 0 Å². The predicted molar refractivity (Wildman–Crippen MR) is 83.5 cm³/mol. The Morgan fingerprint density at radius 1 is 1.24 bits per heavy atom. The molecule has 1 aliphatic carbocycles. The number of methoxy groups -OCH3 is 1. The summed E-state index contributed by atoms with van der Waals surface area (Å²) in [6.45, 7) is 0. The van der Waals surface area contributed by atoms with Crippen LogP contribution in [0.2, 0.25) is 0 Å². The van der Waals surface area contributed by atoms with Gasteiger partial charge in [0.05, 0.1) is 18.2 Å². The predicted octanol–water partition coefficient (Wildman–Crippen LogP) is 3.86. The summed E-state index contributed by atoms with van der Waals surface area (Å²) in [7, 11) is 1.64. The van der Waals surface area contributed by atoms with Crippen LogP contribution in [0.15, 0.2) is 24.3 Å². The maximum absolute atomic E-state index is 9.35. The number of hydrogen-bond donors (Lipinski definition) is 1. The largest absolute Gasteiger partial charge is 0.497 e. The van der Waals surface area contributed by atoms with Gasteiger partial charge in [0.2, 0.25) is 0 Å². The minimum absolute atomic E-state index is 0.432. The zero-order valence-corrected chi connectivity index (χ0v) is 12.2. The van der Waals surface area contributed by atoms with Crippen LogP contribution in [0, 0.1) is 11.3 Å². The maximum Gasteiger partial charge on any atom is 0.144 e. The second kappa shape index (κ2) is 6.01. The summed E-state index contributed by atoms with van der Waals surface area (Å²) in [4.78, 5) is 4.64. The van der Waals surface area contributed by atoms with Crippen molar-refractivity contribution >= 4 is 16.7 Å². The van der Waals surface area contributed by atoms with Gasteiger partial charge < -0.3 is 10.1 Å². The number of benzene rings is 1. The molecule has 1 saturated carbocycles. The van der Waals surface area contributed by atoms with Crippen LogP contribution >= 0.6 is 0 Å². The van der Waals surface area contributed by atoms with Crippen LogP contribution < -0.4 is 10.1 Å². The minimum atomic E-state index is 0.432. The zero-order valence-electron chi connectivity index (χ0n) is 12.2. The van der Waals surface area contributed by atoms with Gasteiger partial charge in [0.25, 0.3) is 0 Å². The van der Waals surface area contributed by atoms with Crippen LogP contribution in [0.3, 0.4) is 0 Å². The van der Waals surface area contributed by atoms with E-state index in [0.717, 1.165) is 29.5 Å². The molecule has 1 aromatic heterocycles. The molecule has 1 fully saturated rings. The highest BCUT2D eigenvalue weighted by Crippen LogP contribution is 2.26. The van der Waals surface area contributed by atoms with Gasteiger partial charge in [-0.1, -0.05) is 19.3 Å². The number of aromatic nitrogens is 1. The van der Waals surface area contributed by atoms with E-state index in [1.54, 1.807) is 7.11 Å². The van der Waals surface area contributed by atoms with E-state index < -0.39 is 0 Å². The third-order valence-corrected chi connectivity index (χ3v) is 4.09. The van der Waals surface area contributed by atoms with Gasteiger partial charge in [0, 0.05) is 17.5 Å². The molecular weight excluding hydrogens is 262 g/mol. The zero-order chi connectivity index (χ0) is 14.7. The average Bonchev–Trinajstić information content (AvgIpc) is 2.54. The van der Waals surface area contributed by atoms with Crippen molar-refractivity contribution in [1.29, 1.82) is 5.26 Å². The first-order chi connectivity index (χ1) is 10.3. The third kappa shape index (κ3) is 2.92. The highest BCUT2D eigenvalue weighted by molar-refractivity contribution is 5.84. The first-order valence-electron chi connectivity index (χ1n) is 7.45. The summed E-state index contributed by atoms with van der Waals surface area (Å²) >= 11 is 0. The van der Waals surface area contributed by atoms with E-state index in [1.165, 1.54) is 19.3 Å². The molecule has 3 rings (SSSR count). The number of nitrogens with one attached hydrogen (secondary N) is 1. The number of ether oxygens (including phenoxy) is 1. The van der Waals surface area contributed by atoms with Gasteiger partial charge in [-0.25, -0.2) is 4.98 Å². The summed E-state index contributed by atoms with van der Waals surface area (Å²) in [5, 5.41) is 13.8. The number of rotatable bonds is 3. The number of nitriles is 1. The fourth-order valence-electron chi connectivity index (χ4n) is 2.91. The van der Waals surface area contributed by atoms with Crippen LogP contribution in [0.1, 0.15) is 37.7 Å². The lowest BCUT2D eigenvalue weighted by Gasteiger charge is -2.23. The van der Waals surface area contributed by atoms with Gasteiger partial charge in [-0.2, -0.15) is 5.26 Å². The summed E-state index contributed by atoms with van der Waals surface area (Å²) in [6, 6.07) is 10.3. The van der Waals surface area contributed by atoms with Crippen molar-refractivity contribution in [2.75, 3.05) is 12.4 Å². The molecule has 0 radical (unpaired) electrons. The van der Waals surface area contributed by atoms with Gasteiger partial charge in [0.1, 0.15) is 17.6 Å². The molecule has 1 N–H and O–H groups in total. The molecular formula is C17H19N3O. The molecule has 1 aliphatic rings. The molecule has 0 bridgehead atoms. The van der Waals surface area contributed by atoms with E-state index in [2.05, 4.69) is 16.4 Å². The number of pyridine rings is 1. The van der Waals surface area contributed by atoms with E-state index in [1.807, 2.05) is 24.3 Å². The van der Waals surface area contributed by atoms with Crippen LogP contribution in [0.4, 0.5) is 5.82 Å². The average molecular weight is 281 g/mol. The molecule has 2 aromatic rings. The maximum atomic E-state index is 9.35. The SMILES string of the molecule is COc1ccc2cc(C#N)c(NC3CCCCC3)nc2c1. The van der Waals surface area contributed by atoms with E-state index >= 15 is 0 Å². The van der Waals surface area contributed by atoms with Gasteiger partial charge in [-0.05, 0) is 31.0 Å². The molecule has 1 heterocycles. The molecule has 0 unspecified atom stereocenters. The van der Waals surface area contributed by atoms with E-state index in [9.17, 15) is 5.26 Å². The lowest BCUT2D eigenvalue weighted by Crippen LogP contribution is -2.23. The standard InChI is InChI=1S/C17H19N3O/c1-21-15-8-7-12-9-13(11-18)17(20-16(12)10-15)19-14-5-3-2-4-6-14/h7-10,14H,2-6H2,1H3,(H,19,20). The highest BCUT2D eigenvalue weighted by Gasteiger charge is 2.16. The Hall–Kier alpha value is -2.28. The Morgan fingerprint density at radius 3 is 2.76 bits per heavy atom. The molecule has 21 heavy (non-hydrogen) atoms. The molecule has 1 aromatic carbocycles. The second-order valence-corrected chi connectivity index (χ2v) is 5.53. The summed E-state index contributed by atoms with van der Waals surface area (Å²) < 4.78 is 5.24. The highest BCUT2D eigenvalue weighted by atomic mass is 16.5. The van der Waals surface area contributed by atoms with E-state index in [4.69, 9.17) is 4.74 Å². The van der Waals surface area contributed by atoms with E-state index in [0.29, 0.717) is 17.4 Å². The summed E-state index contributed by atoms with van der Waals surface area (Å²) in [6.07, 6.45) is 6.12. The normalized spacial score (nSPS) is 15.6. The van der Waals surface area contributed by atoms with E-state index in [-0.39, 0.29) is 0 Å². The third-order valence-electron chi connectivity index (χ3n) is 4.09. The Morgan fingerprint density at radius 2 is 2.05 bits per heavy atom. The fraction of sp³-hybridized carbons (Fsp3) is 0.412. The molecule has 108 valence electrons. The van der Waals surface area contributed by atoms with Crippen molar-refractivity contribution in [2.45, 2.75) is 38.1 Å². The Kier molecular flexibility index (Phi) is 3.92. The quantitative estimate of drug-likeness (QED) is 0.928. The molecule has 0 spiro atoms. The fourth-order valence-corrected chi connectivity index (χ4v) is 2.91. The first-order valence-corrected chi connectivity index (χ1v) is 7.45. The monoisotopic (exact) mass is 281 g/mol. The van der Waals surface area contributed by atoms with Gasteiger partial charge in [0.15, 0.2) is 0 Å². The van der Waals surface area contributed by atoms with Gasteiger partial charge in [-0.3, -0.25) is 0 Å². The summed E-state index contributed by atoms with van der Waals surface area (Å²) in [5.41, 5.74) is 1.46. The Bertz CT molecular complexity index is 684. The number of anilines is 1. The molecule has 4 heteroatoms. The Labute approximate surface area is 124 Å². The van der Waals surface area contributed by atoms with Crippen molar-refractivity contribution in [1.82, 2.24) is 4.98 Å². The van der Waals surface area contributed by atoms with Crippen LogP contribution in [0.25, 0.3) is 10.9 Å². The lowest BCUT2D eigenvalue weighted by molar-refractivity contribution is 0.415. The van der Waals surface area contributed by atoms with Gasteiger partial charge in [-0.15, -0.1) is 0 Å². The molecule has 0 amide bonds. The van der Waals surface area contributed by atoms with Crippen molar-refractivity contribution in [3.05, 3.63) is 29.8 Å². The number of nitrogens with zero attached hydrogens (tertiary/aromatic N) is 2. The topological polar surface area (TPSA) is 57.9 Å². The number of hydrogen-bond acceptors (Lipinski definition) is 4. The smallest absolute Gasteiger partial charge is 0.144 e. The Balaban J connectivity index is 1.97. The van der Waals surface area contributed by atoms with Crippen LogP contribution in [0.5, 0.6) is 5.75 Å². The van der Waals surface area contributed by atoms with Crippen LogP contribution in [-0.2, 0) is 0 Å². The van der Waals surface area contributed by atoms with Crippen LogP contribution in [-0.4, -0.2) is 18.1 Å². The molecule has 0 saturated heterocycles. The molecule has 4 nitrogen and oxygen atoms in total. The van der Waals surface area contributed by atoms with Crippen molar-refractivity contribution < 1.29 is 4.74 Å². The molecule has 0 aliphatic heterocycles. The van der Waals surface area contributed by atoms with Crippen molar-refractivity contribution in [3.8, 4) is 11.8 Å². The first kappa shape index (κ1) is 13.7.